The summed E-state index contributed by atoms with van der Waals surface area (Å²) in [6, 6.07) is 1.61. The van der Waals surface area contributed by atoms with Crippen molar-refractivity contribution in [3.05, 3.63) is 23.7 Å². The van der Waals surface area contributed by atoms with E-state index in [1.165, 1.54) is 6.26 Å². The van der Waals surface area contributed by atoms with Gasteiger partial charge in [-0.05, 0) is 17.9 Å². The molecule has 1 aliphatic rings. The Kier molecular flexibility index (Phi) is 3.01. The maximum atomic E-state index is 10.7. The molecule has 4 heteroatoms. The van der Waals surface area contributed by atoms with E-state index in [1.807, 2.05) is 0 Å². The van der Waals surface area contributed by atoms with Gasteiger partial charge in [0, 0.05) is 13.1 Å². The van der Waals surface area contributed by atoms with Gasteiger partial charge >= 0.3 is 5.97 Å². The molecule has 1 fully saturated rings. The molecule has 2 heterocycles. The fourth-order valence-corrected chi connectivity index (χ4v) is 2.17. The third-order valence-electron chi connectivity index (χ3n) is 3.34. The number of hydrogen-bond donors (Lipinski definition) is 1. The minimum atomic E-state index is -0.932. The van der Waals surface area contributed by atoms with Crippen molar-refractivity contribution in [3.8, 4) is 0 Å². The van der Waals surface area contributed by atoms with Crippen LogP contribution in [0, 0.1) is 11.8 Å². The van der Waals surface area contributed by atoms with Gasteiger partial charge in [0.2, 0.25) is 0 Å². The largest absolute Gasteiger partial charge is 0.478 e. The predicted molar refractivity (Wildman–Crippen MR) is 59.3 cm³/mol. The zero-order valence-electron chi connectivity index (χ0n) is 9.64. The highest BCUT2D eigenvalue weighted by atomic mass is 16.4. The first-order valence-corrected chi connectivity index (χ1v) is 5.59. The van der Waals surface area contributed by atoms with Crippen LogP contribution >= 0.6 is 0 Å². The summed E-state index contributed by atoms with van der Waals surface area (Å²) in [5.74, 6) is 1.21. The molecule has 2 rings (SSSR count). The molecule has 0 aliphatic carbocycles. The maximum Gasteiger partial charge on any atom is 0.338 e. The Bertz CT molecular complexity index is 375. The Hall–Kier alpha value is -1.29. The minimum absolute atomic E-state index is 0.232. The monoisotopic (exact) mass is 223 g/mol. The Morgan fingerprint density at radius 2 is 2.12 bits per heavy atom. The fourth-order valence-electron chi connectivity index (χ4n) is 2.17. The first-order valence-electron chi connectivity index (χ1n) is 5.59. The molecular weight excluding hydrogens is 206 g/mol. The number of nitrogens with zero attached hydrogens (tertiary/aromatic N) is 1. The highest BCUT2D eigenvalue weighted by Gasteiger charge is 2.26. The van der Waals surface area contributed by atoms with Gasteiger partial charge in [-0.25, -0.2) is 4.79 Å². The normalized spacial score (nSPS) is 26.1. The van der Waals surface area contributed by atoms with E-state index in [4.69, 9.17) is 9.52 Å². The Morgan fingerprint density at radius 1 is 1.50 bits per heavy atom. The van der Waals surface area contributed by atoms with Crippen LogP contribution in [0.25, 0.3) is 0 Å². The molecule has 0 aromatic carbocycles. The van der Waals surface area contributed by atoms with E-state index in [0.717, 1.165) is 18.8 Å². The number of aromatic carboxylic acids is 1. The van der Waals surface area contributed by atoms with Gasteiger partial charge in [-0.2, -0.15) is 0 Å². The van der Waals surface area contributed by atoms with Crippen molar-refractivity contribution in [2.45, 2.75) is 20.4 Å². The van der Waals surface area contributed by atoms with Crippen molar-refractivity contribution in [2.24, 2.45) is 11.8 Å². The van der Waals surface area contributed by atoms with Crippen LogP contribution in [-0.4, -0.2) is 29.1 Å². The van der Waals surface area contributed by atoms with Gasteiger partial charge in [0.1, 0.15) is 12.0 Å². The molecule has 88 valence electrons. The highest BCUT2D eigenvalue weighted by molar-refractivity contribution is 5.87. The summed E-state index contributed by atoms with van der Waals surface area (Å²) in [6.07, 6.45) is 1.31. The van der Waals surface area contributed by atoms with E-state index in [-0.39, 0.29) is 5.56 Å². The van der Waals surface area contributed by atoms with E-state index in [0.29, 0.717) is 18.4 Å². The molecule has 1 N–H and O–H groups in total. The zero-order chi connectivity index (χ0) is 11.7. The third-order valence-corrected chi connectivity index (χ3v) is 3.34. The van der Waals surface area contributed by atoms with E-state index >= 15 is 0 Å². The van der Waals surface area contributed by atoms with Crippen LogP contribution in [-0.2, 0) is 6.54 Å². The number of likely N-dealkylation sites (tertiary alicyclic amines) is 1. The minimum Gasteiger partial charge on any atom is -0.478 e. The van der Waals surface area contributed by atoms with Gasteiger partial charge < -0.3 is 9.52 Å². The average molecular weight is 223 g/mol. The maximum absolute atomic E-state index is 10.7. The van der Waals surface area contributed by atoms with Crippen molar-refractivity contribution in [1.82, 2.24) is 4.90 Å². The Balaban J connectivity index is 1.97. The van der Waals surface area contributed by atoms with Crippen molar-refractivity contribution in [1.29, 1.82) is 0 Å². The molecule has 1 saturated heterocycles. The van der Waals surface area contributed by atoms with E-state index in [1.54, 1.807) is 6.07 Å². The third kappa shape index (κ3) is 2.27. The van der Waals surface area contributed by atoms with Gasteiger partial charge in [0.25, 0.3) is 0 Å². The van der Waals surface area contributed by atoms with Crippen LogP contribution in [0.3, 0.4) is 0 Å². The zero-order valence-corrected chi connectivity index (χ0v) is 9.64. The lowest BCUT2D eigenvalue weighted by atomic mass is 10.0. The molecule has 0 radical (unpaired) electrons. The summed E-state index contributed by atoms with van der Waals surface area (Å²) in [7, 11) is 0. The second-order valence-corrected chi connectivity index (χ2v) is 4.76. The van der Waals surface area contributed by atoms with Crippen molar-refractivity contribution in [2.75, 3.05) is 13.1 Å². The molecule has 16 heavy (non-hydrogen) atoms. The second kappa shape index (κ2) is 4.29. The van der Waals surface area contributed by atoms with Crippen molar-refractivity contribution < 1.29 is 14.3 Å². The summed E-state index contributed by atoms with van der Waals surface area (Å²) in [5, 5.41) is 8.77. The molecule has 0 saturated carbocycles. The summed E-state index contributed by atoms with van der Waals surface area (Å²) >= 11 is 0. The van der Waals surface area contributed by atoms with Crippen LogP contribution in [0.2, 0.25) is 0 Å². The average Bonchev–Trinajstić information content (AvgIpc) is 2.76. The van der Waals surface area contributed by atoms with Crippen LogP contribution in [0.1, 0.15) is 30.0 Å². The molecule has 1 aliphatic heterocycles. The van der Waals surface area contributed by atoms with Crippen LogP contribution in [0.15, 0.2) is 16.7 Å². The number of hydrogen-bond acceptors (Lipinski definition) is 3. The van der Waals surface area contributed by atoms with Crippen molar-refractivity contribution >= 4 is 5.97 Å². The topological polar surface area (TPSA) is 53.7 Å². The van der Waals surface area contributed by atoms with Gasteiger partial charge in [0.05, 0.1) is 12.1 Å². The highest BCUT2D eigenvalue weighted by Crippen LogP contribution is 2.24. The second-order valence-electron chi connectivity index (χ2n) is 4.76. The van der Waals surface area contributed by atoms with Crippen LogP contribution in [0.4, 0.5) is 0 Å². The quantitative estimate of drug-likeness (QED) is 0.852. The van der Waals surface area contributed by atoms with Gasteiger partial charge in [-0.1, -0.05) is 13.8 Å². The molecular formula is C12H17NO3. The van der Waals surface area contributed by atoms with Crippen LogP contribution < -0.4 is 0 Å². The summed E-state index contributed by atoms with van der Waals surface area (Å²) in [4.78, 5) is 13.0. The molecule has 2 unspecified atom stereocenters. The number of furan rings is 1. The molecule has 0 bridgehead atoms. The fraction of sp³-hybridized carbons (Fsp3) is 0.583. The first-order chi connectivity index (χ1) is 7.56. The van der Waals surface area contributed by atoms with E-state index in [2.05, 4.69) is 18.7 Å². The molecule has 1 aromatic heterocycles. The van der Waals surface area contributed by atoms with Crippen molar-refractivity contribution in [3.63, 3.8) is 0 Å². The van der Waals surface area contributed by atoms with Crippen LogP contribution in [0.5, 0.6) is 0 Å². The lowest BCUT2D eigenvalue weighted by molar-refractivity contribution is 0.0696. The van der Waals surface area contributed by atoms with Gasteiger partial charge in [0.15, 0.2) is 0 Å². The molecule has 1 aromatic rings. The number of carbonyl (C=O) groups is 1. The van der Waals surface area contributed by atoms with E-state index < -0.39 is 5.97 Å². The summed E-state index contributed by atoms with van der Waals surface area (Å²) in [6.45, 7) is 7.32. The SMILES string of the molecule is CC1CN(Cc2cc(C(=O)O)co2)CC1C. The number of rotatable bonds is 3. The molecule has 4 nitrogen and oxygen atoms in total. The Labute approximate surface area is 94.9 Å². The molecule has 2 atom stereocenters. The number of carboxylic acid groups (broad SMARTS) is 1. The Morgan fingerprint density at radius 3 is 2.62 bits per heavy atom. The standard InChI is InChI=1S/C12H17NO3/c1-8-4-13(5-9(8)2)6-11-3-10(7-16-11)12(14)15/h3,7-9H,4-6H2,1-2H3,(H,14,15). The predicted octanol–water partition coefficient (Wildman–Crippen LogP) is 2.07. The number of carboxylic acids is 1. The smallest absolute Gasteiger partial charge is 0.338 e. The first kappa shape index (κ1) is 11.2. The molecule has 0 spiro atoms. The van der Waals surface area contributed by atoms with Gasteiger partial charge in [-0.3, -0.25) is 4.90 Å². The molecule has 0 amide bonds. The summed E-state index contributed by atoms with van der Waals surface area (Å²) in [5.41, 5.74) is 0.232. The van der Waals surface area contributed by atoms with Gasteiger partial charge in [-0.15, -0.1) is 0 Å². The summed E-state index contributed by atoms with van der Waals surface area (Å²) < 4.78 is 5.24. The lowest BCUT2D eigenvalue weighted by Crippen LogP contribution is -2.19. The lowest BCUT2D eigenvalue weighted by Gasteiger charge is -2.12. The van der Waals surface area contributed by atoms with E-state index in [9.17, 15) is 4.79 Å².